The van der Waals surface area contributed by atoms with Gasteiger partial charge in [0.2, 0.25) is 0 Å². The van der Waals surface area contributed by atoms with Crippen LogP contribution in [0.2, 0.25) is 0 Å². The smallest absolute Gasteiger partial charge is 0.145 e. The Balaban J connectivity index is 1.67. The fraction of sp³-hybridized carbons (Fsp3) is 0.571. The Hall–Kier alpha value is -2.18. The zero-order valence-corrected chi connectivity index (χ0v) is 12.5. The number of nitrogens with one attached hydrogen (secondary N) is 1. The number of piperidine rings is 1. The Bertz CT molecular complexity index is 595. The van der Waals surface area contributed by atoms with Gasteiger partial charge in [-0.05, 0) is 18.8 Å². The third-order valence-electron chi connectivity index (χ3n) is 3.87. The van der Waals surface area contributed by atoms with Crippen LogP contribution in [0.4, 0.5) is 11.6 Å². The number of aromatic nitrogens is 5. The lowest BCUT2D eigenvalue weighted by molar-refractivity contribution is 0.444. The molecule has 1 saturated heterocycles. The van der Waals surface area contributed by atoms with Crippen LogP contribution in [-0.2, 0) is 13.6 Å². The Morgan fingerprint density at radius 3 is 2.95 bits per heavy atom. The van der Waals surface area contributed by atoms with E-state index in [2.05, 4.69) is 37.2 Å². The molecular weight excluding hydrogens is 266 g/mol. The van der Waals surface area contributed by atoms with Gasteiger partial charge < -0.3 is 10.2 Å². The van der Waals surface area contributed by atoms with Crippen LogP contribution >= 0.6 is 0 Å². The summed E-state index contributed by atoms with van der Waals surface area (Å²) < 4.78 is 1.75. The molecule has 1 unspecified atom stereocenters. The molecule has 1 fully saturated rings. The van der Waals surface area contributed by atoms with Crippen molar-refractivity contribution in [3.05, 3.63) is 24.5 Å². The van der Waals surface area contributed by atoms with Crippen LogP contribution in [0, 0.1) is 5.92 Å². The number of nitrogens with zero attached hydrogens (tertiary/aromatic N) is 6. The van der Waals surface area contributed by atoms with Gasteiger partial charge in [-0.2, -0.15) is 5.10 Å². The van der Waals surface area contributed by atoms with Crippen molar-refractivity contribution in [2.45, 2.75) is 26.3 Å². The summed E-state index contributed by atoms with van der Waals surface area (Å²) in [5.41, 5.74) is 0. The average Bonchev–Trinajstić information content (AvgIpc) is 2.91. The van der Waals surface area contributed by atoms with Gasteiger partial charge in [-0.1, -0.05) is 6.92 Å². The van der Waals surface area contributed by atoms with Crippen molar-refractivity contribution in [2.24, 2.45) is 13.0 Å². The fourth-order valence-corrected chi connectivity index (χ4v) is 2.66. The Labute approximate surface area is 124 Å². The van der Waals surface area contributed by atoms with E-state index < -0.39 is 0 Å². The molecule has 1 atom stereocenters. The number of rotatable bonds is 4. The number of hydrogen-bond acceptors (Lipinski definition) is 6. The molecule has 0 aliphatic carbocycles. The number of hydrogen-bond donors (Lipinski definition) is 1. The van der Waals surface area contributed by atoms with E-state index in [1.54, 1.807) is 17.3 Å². The van der Waals surface area contributed by atoms with Crippen molar-refractivity contribution in [1.29, 1.82) is 0 Å². The minimum absolute atomic E-state index is 0.601. The summed E-state index contributed by atoms with van der Waals surface area (Å²) in [5, 5.41) is 7.33. The first kappa shape index (κ1) is 13.8. The van der Waals surface area contributed by atoms with Crippen molar-refractivity contribution in [3.63, 3.8) is 0 Å². The van der Waals surface area contributed by atoms with E-state index in [9.17, 15) is 0 Å². The highest BCUT2D eigenvalue weighted by atomic mass is 15.3. The van der Waals surface area contributed by atoms with Crippen molar-refractivity contribution in [2.75, 3.05) is 23.3 Å². The lowest BCUT2D eigenvalue weighted by Gasteiger charge is -2.31. The van der Waals surface area contributed by atoms with E-state index in [4.69, 9.17) is 0 Å². The van der Waals surface area contributed by atoms with Gasteiger partial charge in [0.15, 0.2) is 0 Å². The molecular formula is C14H21N7. The van der Waals surface area contributed by atoms with Gasteiger partial charge in [0, 0.05) is 26.2 Å². The molecule has 0 saturated carbocycles. The predicted molar refractivity (Wildman–Crippen MR) is 81.0 cm³/mol. The third kappa shape index (κ3) is 3.29. The van der Waals surface area contributed by atoms with Gasteiger partial charge in [-0.3, -0.25) is 4.68 Å². The van der Waals surface area contributed by atoms with Crippen LogP contribution in [0.5, 0.6) is 0 Å². The lowest BCUT2D eigenvalue weighted by Crippen LogP contribution is -2.34. The second-order valence-electron chi connectivity index (χ2n) is 5.61. The Kier molecular flexibility index (Phi) is 3.98. The third-order valence-corrected chi connectivity index (χ3v) is 3.87. The topological polar surface area (TPSA) is 71.8 Å². The Morgan fingerprint density at radius 2 is 2.19 bits per heavy atom. The number of aryl methyl sites for hydroxylation is 1. The average molecular weight is 287 g/mol. The normalized spacial score (nSPS) is 18.8. The van der Waals surface area contributed by atoms with Crippen LogP contribution in [0.25, 0.3) is 0 Å². The predicted octanol–water partition coefficient (Wildman–Crippen LogP) is 1.45. The molecule has 21 heavy (non-hydrogen) atoms. The maximum Gasteiger partial charge on any atom is 0.145 e. The van der Waals surface area contributed by atoms with Crippen LogP contribution in [0.3, 0.4) is 0 Å². The molecule has 7 nitrogen and oxygen atoms in total. The second kappa shape index (κ2) is 6.07. The summed E-state index contributed by atoms with van der Waals surface area (Å²) in [6, 6.07) is 2.01. The second-order valence-corrected chi connectivity index (χ2v) is 5.61. The van der Waals surface area contributed by atoms with Crippen LogP contribution in [-0.4, -0.2) is 37.8 Å². The van der Waals surface area contributed by atoms with Gasteiger partial charge in [0.1, 0.15) is 30.1 Å². The molecule has 112 valence electrons. The summed E-state index contributed by atoms with van der Waals surface area (Å²) in [6.45, 7) is 5.04. The zero-order chi connectivity index (χ0) is 14.7. The molecule has 1 aliphatic heterocycles. The highest BCUT2D eigenvalue weighted by Gasteiger charge is 2.17. The SMILES string of the molecule is CC1CCCN(c2cc(NCc3ncnn3C)ncn2)C1. The summed E-state index contributed by atoms with van der Waals surface area (Å²) in [6.07, 6.45) is 5.71. The van der Waals surface area contributed by atoms with Crippen LogP contribution < -0.4 is 10.2 Å². The summed E-state index contributed by atoms with van der Waals surface area (Å²) >= 11 is 0. The highest BCUT2D eigenvalue weighted by Crippen LogP contribution is 2.22. The molecule has 1 aliphatic rings. The van der Waals surface area contributed by atoms with Crippen molar-refractivity contribution in [3.8, 4) is 0 Å². The summed E-state index contributed by atoms with van der Waals surface area (Å²) in [4.78, 5) is 15.2. The zero-order valence-electron chi connectivity index (χ0n) is 12.5. The molecule has 0 radical (unpaired) electrons. The molecule has 0 aromatic carbocycles. The molecule has 3 heterocycles. The van der Waals surface area contributed by atoms with E-state index >= 15 is 0 Å². The largest absolute Gasteiger partial charge is 0.363 e. The van der Waals surface area contributed by atoms with E-state index in [-0.39, 0.29) is 0 Å². The number of anilines is 2. The first-order chi connectivity index (χ1) is 10.2. The molecule has 0 bridgehead atoms. The summed E-state index contributed by atoms with van der Waals surface area (Å²) in [7, 11) is 1.88. The van der Waals surface area contributed by atoms with Gasteiger partial charge in [-0.15, -0.1) is 0 Å². The fourth-order valence-electron chi connectivity index (χ4n) is 2.66. The van der Waals surface area contributed by atoms with Gasteiger partial charge in [-0.25, -0.2) is 15.0 Å². The lowest BCUT2D eigenvalue weighted by atomic mass is 10.0. The first-order valence-electron chi connectivity index (χ1n) is 7.36. The maximum atomic E-state index is 4.40. The standard InChI is InChI=1S/C14H21N7/c1-11-4-3-5-21(8-11)13-6-12(16-9-17-13)15-7-14-18-10-19-20(14)2/h6,9-11H,3-5,7-8H2,1-2H3,(H,15,16,17). The maximum absolute atomic E-state index is 4.40. The van der Waals surface area contributed by atoms with Gasteiger partial charge in [0.25, 0.3) is 0 Å². The highest BCUT2D eigenvalue weighted by molar-refractivity contribution is 5.48. The molecule has 3 rings (SSSR count). The Morgan fingerprint density at radius 1 is 1.29 bits per heavy atom. The van der Waals surface area contributed by atoms with E-state index in [0.717, 1.165) is 36.5 Å². The monoisotopic (exact) mass is 287 g/mol. The van der Waals surface area contributed by atoms with E-state index in [1.807, 2.05) is 13.1 Å². The van der Waals surface area contributed by atoms with Crippen molar-refractivity contribution in [1.82, 2.24) is 24.7 Å². The quantitative estimate of drug-likeness (QED) is 0.917. The van der Waals surface area contributed by atoms with Gasteiger partial charge >= 0.3 is 0 Å². The van der Waals surface area contributed by atoms with Crippen LogP contribution in [0.1, 0.15) is 25.6 Å². The molecule has 2 aromatic heterocycles. The van der Waals surface area contributed by atoms with Gasteiger partial charge in [0.05, 0.1) is 6.54 Å². The molecule has 0 amide bonds. The molecule has 0 spiro atoms. The van der Waals surface area contributed by atoms with E-state index in [1.165, 1.54) is 12.8 Å². The summed E-state index contributed by atoms with van der Waals surface area (Å²) in [5.74, 6) is 3.42. The molecule has 2 aromatic rings. The van der Waals surface area contributed by atoms with E-state index in [0.29, 0.717) is 6.54 Å². The van der Waals surface area contributed by atoms with Crippen molar-refractivity contribution < 1.29 is 0 Å². The molecule has 7 heteroatoms. The first-order valence-corrected chi connectivity index (χ1v) is 7.36. The minimum Gasteiger partial charge on any atom is -0.363 e. The van der Waals surface area contributed by atoms with Crippen LogP contribution in [0.15, 0.2) is 18.7 Å². The molecule has 1 N–H and O–H groups in total. The van der Waals surface area contributed by atoms with Crippen molar-refractivity contribution >= 4 is 11.6 Å². The minimum atomic E-state index is 0.601.